The quantitative estimate of drug-likeness (QED) is 0.699. The number of hydrogen-bond donors (Lipinski definition) is 1. The summed E-state index contributed by atoms with van der Waals surface area (Å²) in [6.07, 6.45) is -6.30. The molecule has 0 amide bonds. The van der Waals surface area contributed by atoms with Gasteiger partial charge in [0, 0.05) is 0 Å². The molecule has 80 valence electrons. The summed E-state index contributed by atoms with van der Waals surface area (Å²) in [7, 11) is 0. The summed E-state index contributed by atoms with van der Waals surface area (Å²) in [6.45, 7) is 0.375. The first-order valence-corrected chi connectivity index (χ1v) is 3.02. The molecule has 0 saturated carbocycles. The normalized spacial score (nSPS) is 17.3. The Hall–Kier alpha value is -0.530. The number of hydrogen-bond acceptors (Lipinski definition) is 1. The van der Waals surface area contributed by atoms with Crippen LogP contribution in [0.5, 0.6) is 0 Å². The standard InChI is InChI=1S/C5H6F7N/c1-2(13)3(6,7)4(8,9)5(10,11)12/h2H,13H2,1H3. The van der Waals surface area contributed by atoms with E-state index >= 15 is 0 Å². The molecule has 0 rings (SSSR count). The summed E-state index contributed by atoms with van der Waals surface area (Å²) in [6, 6.07) is -2.58. The molecule has 0 bridgehead atoms. The summed E-state index contributed by atoms with van der Waals surface area (Å²) < 4.78 is 82.7. The Morgan fingerprint density at radius 3 is 1.31 bits per heavy atom. The minimum Gasteiger partial charge on any atom is -0.323 e. The van der Waals surface area contributed by atoms with Crippen molar-refractivity contribution in [3.05, 3.63) is 0 Å². The molecule has 0 aliphatic rings. The van der Waals surface area contributed by atoms with Crippen LogP contribution in [0.25, 0.3) is 0 Å². The van der Waals surface area contributed by atoms with E-state index in [4.69, 9.17) is 0 Å². The summed E-state index contributed by atoms with van der Waals surface area (Å²) in [5.74, 6) is -11.4. The molecule has 0 radical (unpaired) electrons. The highest BCUT2D eigenvalue weighted by Gasteiger charge is 2.74. The highest BCUT2D eigenvalue weighted by Crippen LogP contribution is 2.47. The Labute approximate surface area is 68.7 Å². The maximum atomic E-state index is 12.2. The molecule has 1 atom stereocenters. The predicted molar refractivity (Wildman–Crippen MR) is 29.6 cm³/mol. The van der Waals surface area contributed by atoms with Crippen molar-refractivity contribution in [1.29, 1.82) is 0 Å². The van der Waals surface area contributed by atoms with Crippen LogP contribution in [-0.2, 0) is 0 Å². The second-order valence-electron chi connectivity index (χ2n) is 2.48. The Morgan fingerprint density at radius 1 is 0.923 bits per heavy atom. The summed E-state index contributed by atoms with van der Waals surface area (Å²) in [5, 5.41) is 0. The SMILES string of the molecule is CC(N)C(F)(F)C(F)(F)C(F)(F)F. The van der Waals surface area contributed by atoms with Gasteiger partial charge in [0.15, 0.2) is 0 Å². The number of halogens is 7. The van der Waals surface area contributed by atoms with Crippen LogP contribution >= 0.6 is 0 Å². The van der Waals surface area contributed by atoms with Gasteiger partial charge in [0.25, 0.3) is 0 Å². The lowest BCUT2D eigenvalue weighted by atomic mass is 10.1. The van der Waals surface area contributed by atoms with Crippen LogP contribution in [0.3, 0.4) is 0 Å². The smallest absolute Gasteiger partial charge is 0.323 e. The third-order valence-corrected chi connectivity index (χ3v) is 1.35. The lowest BCUT2D eigenvalue weighted by molar-refractivity contribution is -0.357. The maximum Gasteiger partial charge on any atom is 0.459 e. The molecule has 1 nitrogen and oxygen atoms in total. The molecule has 0 aromatic heterocycles. The van der Waals surface area contributed by atoms with Gasteiger partial charge in [-0.15, -0.1) is 0 Å². The van der Waals surface area contributed by atoms with E-state index in [1.165, 1.54) is 0 Å². The van der Waals surface area contributed by atoms with Gasteiger partial charge >= 0.3 is 18.0 Å². The first-order chi connectivity index (χ1) is 5.44. The Bertz CT molecular complexity index is 182. The van der Waals surface area contributed by atoms with Crippen LogP contribution in [0.1, 0.15) is 6.92 Å². The van der Waals surface area contributed by atoms with Crippen LogP contribution < -0.4 is 5.73 Å². The Morgan fingerprint density at radius 2 is 1.23 bits per heavy atom. The van der Waals surface area contributed by atoms with Crippen LogP contribution in [0, 0.1) is 0 Å². The topological polar surface area (TPSA) is 26.0 Å². The molecular weight excluding hydrogens is 207 g/mol. The Balaban J connectivity index is 5.04. The van der Waals surface area contributed by atoms with Gasteiger partial charge < -0.3 is 5.73 Å². The molecule has 0 aromatic rings. The van der Waals surface area contributed by atoms with Crippen LogP contribution in [0.2, 0.25) is 0 Å². The van der Waals surface area contributed by atoms with Crippen molar-refractivity contribution in [3.8, 4) is 0 Å². The second-order valence-corrected chi connectivity index (χ2v) is 2.48. The van der Waals surface area contributed by atoms with E-state index in [1.54, 1.807) is 0 Å². The van der Waals surface area contributed by atoms with E-state index in [0.717, 1.165) is 0 Å². The molecule has 0 saturated heterocycles. The van der Waals surface area contributed by atoms with Crippen molar-refractivity contribution in [2.24, 2.45) is 5.73 Å². The van der Waals surface area contributed by atoms with Gasteiger partial charge in [-0.05, 0) is 6.92 Å². The van der Waals surface area contributed by atoms with Crippen LogP contribution in [-0.4, -0.2) is 24.1 Å². The van der Waals surface area contributed by atoms with Gasteiger partial charge in [-0.2, -0.15) is 30.7 Å². The lowest BCUT2D eigenvalue weighted by Crippen LogP contribution is -2.59. The minimum atomic E-state index is -6.30. The number of alkyl halides is 7. The molecule has 0 aromatic carbocycles. The largest absolute Gasteiger partial charge is 0.459 e. The second kappa shape index (κ2) is 3.00. The zero-order valence-corrected chi connectivity index (χ0v) is 6.30. The van der Waals surface area contributed by atoms with Crippen molar-refractivity contribution < 1.29 is 30.7 Å². The molecule has 0 aliphatic carbocycles. The zero-order chi connectivity index (χ0) is 11.1. The third kappa shape index (κ3) is 1.87. The fraction of sp³-hybridized carbons (Fsp3) is 1.00. The highest BCUT2D eigenvalue weighted by molar-refractivity contribution is 4.95. The molecule has 0 aliphatic heterocycles. The third-order valence-electron chi connectivity index (χ3n) is 1.35. The van der Waals surface area contributed by atoms with E-state index in [9.17, 15) is 30.7 Å². The van der Waals surface area contributed by atoms with Crippen LogP contribution in [0.15, 0.2) is 0 Å². The number of rotatable bonds is 2. The van der Waals surface area contributed by atoms with Gasteiger partial charge in [0.1, 0.15) is 0 Å². The van der Waals surface area contributed by atoms with E-state index in [0.29, 0.717) is 6.92 Å². The van der Waals surface area contributed by atoms with Crippen molar-refractivity contribution >= 4 is 0 Å². The first-order valence-electron chi connectivity index (χ1n) is 3.02. The van der Waals surface area contributed by atoms with Crippen molar-refractivity contribution in [2.45, 2.75) is 31.0 Å². The number of nitrogens with two attached hydrogens (primary N) is 1. The van der Waals surface area contributed by atoms with Crippen LogP contribution in [0.4, 0.5) is 30.7 Å². The van der Waals surface area contributed by atoms with E-state index < -0.39 is 24.1 Å². The predicted octanol–water partition coefficient (Wildman–Crippen LogP) is 2.17. The molecule has 0 fully saturated rings. The molecule has 0 spiro atoms. The van der Waals surface area contributed by atoms with E-state index in [2.05, 4.69) is 5.73 Å². The van der Waals surface area contributed by atoms with Gasteiger partial charge in [-0.25, -0.2) is 0 Å². The van der Waals surface area contributed by atoms with Gasteiger partial charge in [0.05, 0.1) is 6.04 Å². The highest BCUT2D eigenvalue weighted by atomic mass is 19.4. The summed E-state index contributed by atoms with van der Waals surface area (Å²) in [5.41, 5.74) is 4.32. The van der Waals surface area contributed by atoms with Crippen molar-refractivity contribution in [3.63, 3.8) is 0 Å². The minimum absolute atomic E-state index is 0.375. The average molecular weight is 213 g/mol. The monoisotopic (exact) mass is 213 g/mol. The fourth-order valence-electron chi connectivity index (χ4n) is 0.475. The van der Waals surface area contributed by atoms with Crippen molar-refractivity contribution in [2.75, 3.05) is 0 Å². The van der Waals surface area contributed by atoms with Gasteiger partial charge in [-0.3, -0.25) is 0 Å². The summed E-state index contributed by atoms with van der Waals surface area (Å²) >= 11 is 0. The average Bonchev–Trinajstić information content (AvgIpc) is 1.84. The van der Waals surface area contributed by atoms with E-state index in [-0.39, 0.29) is 0 Å². The van der Waals surface area contributed by atoms with Gasteiger partial charge in [0.2, 0.25) is 0 Å². The molecule has 8 heteroatoms. The van der Waals surface area contributed by atoms with Gasteiger partial charge in [-0.1, -0.05) is 0 Å². The molecule has 2 N–H and O–H groups in total. The molecule has 13 heavy (non-hydrogen) atoms. The zero-order valence-electron chi connectivity index (χ0n) is 6.30. The molecule has 0 heterocycles. The lowest BCUT2D eigenvalue weighted by Gasteiger charge is -2.30. The van der Waals surface area contributed by atoms with Crippen molar-refractivity contribution in [1.82, 2.24) is 0 Å². The molecule has 1 unspecified atom stereocenters. The van der Waals surface area contributed by atoms with E-state index in [1.807, 2.05) is 0 Å². The first kappa shape index (κ1) is 12.5. The Kier molecular flexibility index (Phi) is 2.88. The maximum absolute atomic E-state index is 12.2. The molecular formula is C5H6F7N. The summed E-state index contributed by atoms with van der Waals surface area (Å²) in [4.78, 5) is 0. The fourth-order valence-corrected chi connectivity index (χ4v) is 0.475.